The average Bonchev–Trinajstić information content (AvgIpc) is 2.41. The zero-order valence-corrected chi connectivity index (χ0v) is 14.2. The molecule has 2 nitrogen and oxygen atoms in total. The lowest BCUT2D eigenvalue weighted by Crippen LogP contribution is -2.31. The van der Waals surface area contributed by atoms with E-state index < -0.39 is 0 Å². The summed E-state index contributed by atoms with van der Waals surface area (Å²) in [4.78, 5) is 2.65. The lowest BCUT2D eigenvalue weighted by molar-refractivity contribution is 0.235. The van der Waals surface area contributed by atoms with Crippen molar-refractivity contribution in [3.05, 3.63) is 34.3 Å². The molecule has 0 spiro atoms. The van der Waals surface area contributed by atoms with Gasteiger partial charge in [-0.15, -0.1) is 0 Å². The monoisotopic (exact) mass is 338 g/mol. The van der Waals surface area contributed by atoms with Gasteiger partial charge in [-0.05, 0) is 63.6 Å². The Hall–Kier alpha value is -0.380. The van der Waals surface area contributed by atoms with Crippen molar-refractivity contribution in [1.29, 1.82) is 0 Å². The topological polar surface area (TPSA) is 15.3 Å². The van der Waals surface area contributed by atoms with E-state index in [0.29, 0.717) is 6.04 Å². The number of benzene rings is 1. The molecular weight excluding hydrogens is 312 g/mol. The maximum atomic E-state index is 3.57. The van der Waals surface area contributed by atoms with E-state index in [9.17, 15) is 0 Å². The molecule has 0 bridgehead atoms. The molecule has 1 fully saturated rings. The van der Waals surface area contributed by atoms with Crippen molar-refractivity contribution in [3.63, 3.8) is 0 Å². The van der Waals surface area contributed by atoms with Crippen LogP contribution in [0.2, 0.25) is 0 Å². The van der Waals surface area contributed by atoms with Crippen molar-refractivity contribution < 1.29 is 0 Å². The minimum Gasteiger partial charge on any atom is -0.313 e. The summed E-state index contributed by atoms with van der Waals surface area (Å²) in [5, 5.41) is 3.47. The molecule has 2 rings (SSSR count). The van der Waals surface area contributed by atoms with E-state index >= 15 is 0 Å². The van der Waals surface area contributed by atoms with E-state index in [0.717, 1.165) is 0 Å². The van der Waals surface area contributed by atoms with E-state index in [1.165, 1.54) is 68.2 Å². The second kappa shape index (κ2) is 8.81. The van der Waals surface area contributed by atoms with Crippen molar-refractivity contribution in [2.45, 2.75) is 44.6 Å². The van der Waals surface area contributed by atoms with Gasteiger partial charge in [0.1, 0.15) is 0 Å². The van der Waals surface area contributed by atoms with Crippen LogP contribution in [-0.4, -0.2) is 31.6 Å². The van der Waals surface area contributed by atoms with Crippen LogP contribution in [0.15, 0.2) is 28.7 Å². The fourth-order valence-corrected chi connectivity index (χ4v) is 3.47. The molecule has 0 amide bonds. The SMILES string of the molecule is CNC(CCN1CCCCCCC1)c1cccc(Br)c1. The molecule has 1 saturated heterocycles. The van der Waals surface area contributed by atoms with E-state index in [2.05, 4.69) is 57.5 Å². The fraction of sp³-hybridized carbons (Fsp3) is 0.647. The number of nitrogens with one attached hydrogen (secondary N) is 1. The second-order valence-electron chi connectivity index (χ2n) is 5.79. The summed E-state index contributed by atoms with van der Waals surface area (Å²) in [7, 11) is 2.07. The molecule has 1 heterocycles. The average molecular weight is 339 g/mol. The van der Waals surface area contributed by atoms with Crippen LogP contribution < -0.4 is 5.32 Å². The Morgan fingerprint density at radius 3 is 2.50 bits per heavy atom. The highest BCUT2D eigenvalue weighted by Gasteiger charge is 2.13. The van der Waals surface area contributed by atoms with Crippen LogP contribution in [0, 0.1) is 0 Å². The number of nitrogens with zero attached hydrogens (tertiary/aromatic N) is 1. The number of halogens is 1. The summed E-state index contributed by atoms with van der Waals surface area (Å²) in [5.74, 6) is 0. The van der Waals surface area contributed by atoms with Gasteiger partial charge < -0.3 is 10.2 Å². The van der Waals surface area contributed by atoms with E-state index in [1.54, 1.807) is 0 Å². The third-order valence-electron chi connectivity index (χ3n) is 4.28. The minimum absolute atomic E-state index is 0.456. The number of hydrogen-bond acceptors (Lipinski definition) is 2. The van der Waals surface area contributed by atoms with Crippen LogP contribution in [0.1, 0.15) is 50.1 Å². The highest BCUT2D eigenvalue weighted by molar-refractivity contribution is 9.10. The van der Waals surface area contributed by atoms with Gasteiger partial charge in [0.05, 0.1) is 0 Å². The van der Waals surface area contributed by atoms with Crippen LogP contribution in [0.4, 0.5) is 0 Å². The van der Waals surface area contributed by atoms with Gasteiger partial charge in [-0.2, -0.15) is 0 Å². The quantitative estimate of drug-likeness (QED) is 0.857. The molecule has 1 unspecified atom stereocenters. The Morgan fingerprint density at radius 1 is 1.15 bits per heavy atom. The smallest absolute Gasteiger partial charge is 0.0330 e. The molecular formula is C17H27BrN2. The third-order valence-corrected chi connectivity index (χ3v) is 4.78. The molecule has 0 aliphatic carbocycles. The highest BCUT2D eigenvalue weighted by atomic mass is 79.9. The highest BCUT2D eigenvalue weighted by Crippen LogP contribution is 2.21. The van der Waals surface area contributed by atoms with Crippen molar-refractivity contribution in [1.82, 2.24) is 10.2 Å². The first-order valence-electron chi connectivity index (χ1n) is 7.94. The zero-order valence-electron chi connectivity index (χ0n) is 12.6. The number of rotatable bonds is 5. The third kappa shape index (κ3) is 5.19. The van der Waals surface area contributed by atoms with Crippen molar-refractivity contribution in [3.8, 4) is 0 Å². The van der Waals surface area contributed by atoms with Gasteiger partial charge in [0, 0.05) is 10.5 Å². The van der Waals surface area contributed by atoms with Crippen molar-refractivity contribution in [2.24, 2.45) is 0 Å². The molecule has 0 aromatic heterocycles. The molecule has 0 saturated carbocycles. The molecule has 1 aliphatic rings. The standard InChI is InChI=1S/C17H27BrN2/c1-19-17(15-8-7-9-16(18)14-15)10-13-20-11-5-3-2-4-6-12-20/h7-9,14,17,19H,2-6,10-13H2,1H3. The van der Waals surface area contributed by atoms with Gasteiger partial charge in [0.15, 0.2) is 0 Å². The Kier molecular flexibility index (Phi) is 7.05. The number of likely N-dealkylation sites (tertiary alicyclic amines) is 1. The van der Waals surface area contributed by atoms with E-state index in [1.807, 2.05) is 0 Å². The summed E-state index contributed by atoms with van der Waals surface area (Å²) in [6.45, 7) is 3.78. The largest absolute Gasteiger partial charge is 0.313 e. The summed E-state index contributed by atoms with van der Waals surface area (Å²) < 4.78 is 1.17. The first-order chi connectivity index (χ1) is 9.79. The molecule has 0 radical (unpaired) electrons. The number of hydrogen-bond donors (Lipinski definition) is 1. The van der Waals surface area contributed by atoms with Gasteiger partial charge in [0.25, 0.3) is 0 Å². The van der Waals surface area contributed by atoms with E-state index in [-0.39, 0.29) is 0 Å². The molecule has 1 aliphatic heterocycles. The normalized spacial score (nSPS) is 19.3. The van der Waals surface area contributed by atoms with Gasteiger partial charge in [0.2, 0.25) is 0 Å². The van der Waals surface area contributed by atoms with Crippen LogP contribution in [0.3, 0.4) is 0 Å². The van der Waals surface area contributed by atoms with Gasteiger partial charge in [-0.25, -0.2) is 0 Å². The lowest BCUT2D eigenvalue weighted by Gasteiger charge is -2.27. The van der Waals surface area contributed by atoms with Gasteiger partial charge >= 0.3 is 0 Å². The van der Waals surface area contributed by atoms with Crippen LogP contribution in [0.25, 0.3) is 0 Å². The maximum Gasteiger partial charge on any atom is 0.0330 e. The zero-order chi connectivity index (χ0) is 14.2. The van der Waals surface area contributed by atoms with Gasteiger partial charge in [-0.3, -0.25) is 0 Å². The van der Waals surface area contributed by atoms with Gasteiger partial charge in [-0.1, -0.05) is 47.3 Å². The summed E-state index contributed by atoms with van der Waals surface area (Å²) in [6, 6.07) is 9.13. The molecule has 3 heteroatoms. The molecule has 112 valence electrons. The summed E-state index contributed by atoms with van der Waals surface area (Å²) in [6.07, 6.45) is 8.20. The first-order valence-corrected chi connectivity index (χ1v) is 8.74. The van der Waals surface area contributed by atoms with Crippen molar-refractivity contribution in [2.75, 3.05) is 26.7 Å². The Labute approximate surface area is 132 Å². The maximum absolute atomic E-state index is 3.57. The predicted octanol–water partition coefficient (Wildman–Crippen LogP) is 4.37. The minimum atomic E-state index is 0.456. The van der Waals surface area contributed by atoms with Crippen molar-refractivity contribution >= 4 is 15.9 Å². The van der Waals surface area contributed by atoms with Crippen LogP contribution >= 0.6 is 15.9 Å². The van der Waals surface area contributed by atoms with Crippen LogP contribution in [-0.2, 0) is 0 Å². The summed E-state index contributed by atoms with van der Waals surface area (Å²) in [5.41, 5.74) is 1.38. The molecule has 1 aromatic carbocycles. The van der Waals surface area contributed by atoms with E-state index in [4.69, 9.17) is 0 Å². The Bertz CT molecular complexity index is 386. The Balaban J connectivity index is 1.86. The molecule has 1 N–H and O–H groups in total. The predicted molar refractivity (Wildman–Crippen MR) is 90.1 cm³/mol. The van der Waals surface area contributed by atoms with Crippen LogP contribution in [0.5, 0.6) is 0 Å². The fourth-order valence-electron chi connectivity index (χ4n) is 3.05. The lowest BCUT2D eigenvalue weighted by atomic mass is 10.0. The summed E-state index contributed by atoms with van der Waals surface area (Å²) >= 11 is 3.57. The Morgan fingerprint density at radius 2 is 1.85 bits per heavy atom. The molecule has 1 aromatic rings. The molecule has 1 atom stereocenters. The second-order valence-corrected chi connectivity index (χ2v) is 6.71. The molecule has 20 heavy (non-hydrogen) atoms. The first kappa shape index (κ1) is 16.0.